The van der Waals surface area contributed by atoms with Gasteiger partial charge in [-0.2, -0.15) is 0 Å². The van der Waals surface area contributed by atoms with Crippen molar-refractivity contribution < 1.29 is 9.90 Å². The summed E-state index contributed by atoms with van der Waals surface area (Å²) < 4.78 is 4.51. The number of hydrogen-bond acceptors (Lipinski definition) is 5. The van der Waals surface area contributed by atoms with Gasteiger partial charge in [0, 0.05) is 5.38 Å². The Kier molecular flexibility index (Phi) is 1.36. The van der Waals surface area contributed by atoms with Gasteiger partial charge in [-0.25, -0.2) is 4.79 Å². The van der Waals surface area contributed by atoms with E-state index < -0.39 is 5.97 Å². The van der Waals surface area contributed by atoms with Gasteiger partial charge < -0.3 is 5.11 Å². The van der Waals surface area contributed by atoms with Gasteiger partial charge in [-0.05, 0) is 11.5 Å². The maximum absolute atomic E-state index is 10.5. The van der Waals surface area contributed by atoms with Crippen molar-refractivity contribution in [3.8, 4) is 0 Å². The van der Waals surface area contributed by atoms with Crippen LogP contribution in [0.2, 0.25) is 0 Å². The molecule has 2 heterocycles. The number of carboxylic acids is 1. The molecular formula is C5H2N2O2S2. The highest BCUT2D eigenvalue weighted by Crippen LogP contribution is 2.26. The highest BCUT2D eigenvalue weighted by atomic mass is 32.2. The molecule has 0 aliphatic rings. The molecule has 6 heteroatoms. The second-order valence-electron chi connectivity index (χ2n) is 1.86. The summed E-state index contributed by atoms with van der Waals surface area (Å²) in [5.41, 5.74) is 0.756. The maximum atomic E-state index is 10.5. The first kappa shape index (κ1) is 6.68. The summed E-state index contributed by atoms with van der Waals surface area (Å²) in [6.07, 6.45) is 0. The van der Waals surface area contributed by atoms with Gasteiger partial charge in [0.05, 0.1) is 5.56 Å². The van der Waals surface area contributed by atoms with E-state index in [1.807, 2.05) is 0 Å². The molecule has 0 saturated heterocycles. The topological polar surface area (TPSA) is 63.1 Å². The van der Waals surface area contributed by atoms with E-state index in [1.54, 1.807) is 5.38 Å². The lowest BCUT2D eigenvalue weighted by atomic mass is 10.3. The second kappa shape index (κ2) is 2.24. The molecule has 0 saturated carbocycles. The van der Waals surface area contributed by atoms with Crippen LogP contribution in [-0.2, 0) is 0 Å². The van der Waals surface area contributed by atoms with E-state index in [2.05, 4.69) is 9.59 Å². The Morgan fingerprint density at radius 1 is 1.64 bits per heavy atom. The summed E-state index contributed by atoms with van der Waals surface area (Å²) in [4.78, 5) is 10.5. The summed E-state index contributed by atoms with van der Waals surface area (Å²) in [7, 11) is 0. The number of aromatic nitrogens is 2. The van der Waals surface area contributed by atoms with E-state index in [4.69, 9.17) is 5.11 Å². The SMILES string of the molecule is O=C(O)c1csc2snnc12. The third-order valence-corrected chi connectivity index (χ3v) is 3.02. The largest absolute Gasteiger partial charge is 0.478 e. The van der Waals surface area contributed by atoms with E-state index in [0.29, 0.717) is 5.52 Å². The summed E-state index contributed by atoms with van der Waals surface area (Å²) in [6.45, 7) is 0. The van der Waals surface area contributed by atoms with E-state index in [0.717, 1.165) is 4.01 Å². The monoisotopic (exact) mass is 186 g/mol. The molecule has 0 amide bonds. The van der Waals surface area contributed by atoms with Crippen LogP contribution in [0.25, 0.3) is 9.53 Å². The standard InChI is InChI=1S/C5H2N2O2S2/c8-4(9)2-1-10-5-3(2)6-7-11-5/h1H,(H,8,9). The van der Waals surface area contributed by atoms with Crippen LogP contribution < -0.4 is 0 Å². The van der Waals surface area contributed by atoms with Crippen molar-refractivity contribution in [2.45, 2.75) is 0 Å². The first-order valence-corrected chi connectivity index (χ1v) is 4.37. The van der Waals surface area contributed by atoms with Crippen LogP contribution in [-0.4, -0.2) is 20.7 Å². The second-order valence-corrected chi connectivity index (χ2v) is 3.76. The quantitative estimate of drug-likeness (QED) is 0.732. The molecule has 0 radical (unpaired) electrons. The Morgan fingerprint density at radius 2 is 2.45 bits per heavy atom. The number of aromatic carboxylic acids is 1. The molecule has 0 unspecified atom stereocenters. The van der Waals surface area contributed by atoms with Crippen molar-refractivity contribution in [2.75, 3.05) is 0 Å². The van der Waals surface area contributed by atoms with E-state index in [-0.39, 0.29) is 5.56 Å². The van der Waals surface area contributed by atoms with Crippen LogP contribution in [0.1, 0.15) is 10.4 Å². The number of nitrogens with zero attached hydrogens (tertiary/aromatic N) is 2. The zero-order chi connectivity index (χ0) is 7.84. The lowest BCUT2D eigenvalue weighted by molar-refractivity contribution is 0.0699. The Bertz CT molecular complexity index is 405. The van der Waals surface area contributed by atoms with Crippen LogP contribution in [0.3, 0.4) is 0 Å². The minimum atomic E-state index is -0.941. The van der Waals surface area contributed by atoms with Crippen LogP contribution in [0.4, 0.5) is 0 Å². The normalized spacial score (nSPS) is 10.5. The number of rotatable bonds is 1. The Hall–Kier alpha value is -1.01. The molecule has 0 aliphatic heterocycles. The third kappa shape index (κ3) is 0.908. The molecule has 4 nitrogen and oxygen atoms in total. The molecule has 11 heavy (non-hydrogen) atoms. The Morgan fingerprint density at radius 3 is 3.18 bits per heavy atom. The molecule has 0 atom stereocenters. The summed E-state index contributed by atoms with van der Waals surface area (Å²) in [6, 6.07) is 0. The van der Waals surface area contributed by atoms with Crippen molar-refractivity contribution in [3.05, 3.63) is 10.9 Å². The Balaban J connectivity index is 2.78. The van der Waals surface area contributed by atoms with E-state index >= 15 is 0 Å². The van der Waals surface area contributed by atoms with Gasteiger partial charge in [-0.1, -0.05) is 4.49 Å². The zero-order valence-electron chi connectivity index (χ0n) is 5.14. The fourth-order valence-electron chi connectivity index (χ4n) is 0.743. The third-order valence-electron chi connectivity index (χ3n) is 1.23. The van der Waals surface area contributed by atoms with Crippen molar-refractivity contribution >= 4 is 38.4 Å². The van der Waals surface area contributed by atoms with Gasteiger partial charge in [0.2, 0.25) is 0 Å². The summed E-state index contributed by atoms with van der Waals surface area (Å²) in [5.74, 6) is -0.941. The molecule has 56 valence electrons. The molecular weight excluding hydrogens is 184 g/mol. The molecule has 2 rings (SSSR count). The average molecular weight is 186 g/mol. The van der Waals surface area contributed by atoms with Gasteiger partial charge >= 0.3 is 5.97 Å². The van der Waals surface area contributed by atoms with Gasteiger partial charge in [-0.3, -0.25) is 0 Å². The predicted octanol–water partition coefficient (Wildman–Crippen LogP) is 1.45. The smallest absolute Gasteiger partial charge is 0.338 e. The van der Waals surface area contributed by atoms with Crippen LogP contribution in [0.15, 0.2) is 5.38 Å². The molecule has 0 aromatic carbocycles. The predicted molar refractivity (Wildman–Crippen MR) is 42.3 cm³/mol. The van der Waals surface area contributed by atoms with Crippen molar-refractivity contribution in [2.24, 2.45) is 0 Å². The maximum Gasteiger partial charge on any atom is 0.338 e. The van der Waals surface area contributed by atoms with Gasteiger partial charge in [0.1, 0.15) is 9.53 Å². The van der Waals surface area contributed by atoms with Crippen molar-refractivity contribution in [1.29, 1.82) is 0 Å². The van der Waals surface area contributed by atoms with Gasteiger partial charge in [0.25, 0.3) is 0 Å². The number of carboxylic acid groups (broad SMARTS) is 1. The molecule has 0 aliphatic carbocycles. The molecule has 2 aromatic heterocycles. The van der Waals surface area contributed by atoms with E-state index in [1.165, 1.54) is 22.9 Å². The fourth-order valence-corrected chi connectivity index (χ4v) is 2.29. The van der Waals surface area contributed by atoms with Crippen LogP contribution in [0.5, 0.6) is 0 Å². The highest BCUT2D eigenvalue weighted by Gasteiger charge is 2.13. The number of hydrogen-bond donors (Lipinski definition) is 1. The van der Waals surface area contributed by atoms with Gasteiger partial charge in [0.15, 0.2) is 0 Å². The summed E-state index contributed by atoms with van der Waals surface area (Å²) in [5, 5.41) is 13.9. The number of fused-ring (bicyclic) bond motifs is 1. The first-order chi connectivity index (χ1) is 5.29. The first-order valence-electron chi connectivity index (χ1n) is 2.72. The molecule has 1 N–H and O–H groups in total. The lowest BCUT2D eigenvalue weighted by Gasteiger charge is -1.81. The van der Waals surface area contributed by atoms with Crippen LogP contribution in [0, 0.1) is 0 Å². The zero-order valence-corrected chi connectivity index (χ0v) is 6.78. The minimum Gasteiger partial charge on any atom is -0.478 e. The molecule has 0 bridgehead atoms. The number of thiophene rings is 1. The lowest BCUT2D eigenvalue weighted by Crippen LogP contribution is -1.93. The van der Waals surface area contributed by atoms with Gasteiger partial charge in [-0.15, -0.1) is 16.4 Å². The average Bonchev–Trinajstić information content (AvgIpc) is 2.41. The molecule has 0 fully saturated rings. The van der Waals surface area contributed by atoms with Crippen molar-refractivity contribution in [1.82, 2.24) is 9.59 Å². The molecule has 2 aromatic rings. The highest BCUT2D eigenvalue weighted by molar-refractivity contribution is 7.35. The van der Waals surface area contributed by atoms with Crippen molar-refractivity contribution in [3.63, 3.8) is 0 Å². The van der Waals surface area contributed by atoms with Crippen LogP contribution >= 0.6 is 22.9 Å². The fraction of sp³-hybridized carbons (Fsp3) is 0. The number of carbonyl (C=O) groups is 1. The minimum absolute atomic E-state index is 0.249. The summed E-state index contributed by atoms with van der Waals surface area (Å²) >= 11 is 2.58. The molecule has 0 spiro atoms. The Labute approximate surface area is 69.3 Å². The van der Waals surface area contributed by atoms with E-state index in [9.17, 15) is 4.79 Å².